The summed E-state index contributed by atoms with van der Waals surface area (Å²) in [4.78, 5) is 34.2. The molecule has 0 aliphatic heterocycles. The molecule has 114 valence electrons. The number of aryl methyl sites for hydroxylation is 1. The maximum atomic E-state index is 11.7. The summed E-state index contributed by atoms with van der Waals surface area (Å²) in [5, 5.41) is 13.6. The second-order valence-electron chi connectivity index (χ2n) is 5.33. The van der Waals surface area contributed by atoms with Gasteiger partial charge in [0.05, 0.1) is 5.41 Å². The van der Waals surface area contributed by atoms with E-state index in [4.69, 9.17) is 5.11 Å². The third-order valence-corrected chi connectivity index (χ3v) is 3.74. The second-order valence-corrected chi connectivity index (χ2v) is 6.19. The molecule has 1 aromatic rings. The molecule has 21 heavy (non-hydrogen) atoms. The topological polar surface area (TPSA) is 95.5 Å². The fourth-order valence-electron chi connectivity index (χ4n) is 1.53. The number of nitrogens with one attached hydrogen (secondary N) is 2. The monoisotopic (exact) mass is 356 g/mol. The Morgan fingerprint density at radius 1 is 1.29 bits per heavy atom. The van der Waals surface area contributed by atoms with Gasteiger partial charge in [-0.25, -0.2) is 4.79 Å². The maximum Gasteiger partial charge on any atom is 0.325 e. The number of carboxylic acid groups (broad SMARTS) is 1. The van der Waals surface area contributed by atoms with Gasteiger partial charge in [0.15, 0.2) is 0 Å². The molecule has 0 heterocycles. The highest BCUT2D eigenvalue weighted by molar-refractivity contribution is 9.10. The number of hydrogen-bond acceptors (Lipinski definition) is 3. The van der Waals surface area contributed by atoms with Crippen molar-refractivity contribution in [2.24, 2.45) is 5.41 Å². The van der Waals surface area contributed by atoms with Gasteiger partial charge in [0.25, 0.3) is 0 Å². The lowest BCUT2D eigenvalue weighted by atomic mass is 9.89. The molecule has 3 amide bonds. The summed E-state index contributed by atoms with van der Waals surface area (Å²) in [5.41, 5.74) is 0.253. The van der Waals surface area contributed by atoms with Crippen LogP contribution in [0.5, 0.6) is 0 Å². The predicted molar refractivity (Wildman–Crippen MR) is 82.1 cm³/mol. The molecule has 0 aliphatic rings. The molecule has 0 spiro atoms. The Morgan fingerprint density at radius 3 is 2.43 bits per heavy atom. The molecule has 0 aliphatic carbocycles. The molecule has 0 radical (unpaired) electrons. The van der Waals surface area contributed by atoms with Gasteiger partial charge in [-0.15, -0.1) is 0 Å². The zero-order chi connectivity index (χ0) is 16.2. The Balaban J connectivity index is 2.59. The van der Waals surface area contributed by atoms with E-state index in [9.17, 15) is 14.4 Å². The van der Waals surface area contributed by atoms with Crippen LogP contribution >= 0.6 is 15.9 Å². The number of carboxylic acids is 1. The van der Waals surface area contributed by atoms with E-state index in [0.29, 0.717) is 5.69 Å². The van der Waals surface area contributed by atoms with Crippen LogP contribution in [0, 0.1) is 12.3 Å². The number of carbonyl (C=O) groups excluding carboxylic acids is 2. The molecule has 3 N–H and O–H groups in total. The molecule has 0 fully saturated rings. The van der Waals surface area contributed by atoms with E-state index in [2.05, 4.69) is 26.6 Å². The van der Waals surface area contributed by atoms with Crippen LogP contribution in [0.4, 0.5) is 10.5 Å². The molecule has 1 aromatic carbocycles. The molecule has 0 saturated carbocycles. The van der Waals surface area contributed by atoms with Crippen molar-refractivity contribution in [1.29, 1.82) is 0 Å². The van der Waals surface area contributed by atoms with E-state index in [0.717, 1.165) is 10.0 Å². The first-order valence-electron chi connectivity index (χ1n) is 6.22. The first kappa shape index (κ1) is 17.2. The van der Waals surface area contributed by atoms with E-state index in [1.54, 1.807) is 18.2 Å². The zero-order valence-corrected chi connectivity index (χ0v) is 13.6. The van der Waals surface area contributed by atoms with Crippen LogP contribution in [0.15, 0.2) is 22.7 Å². The summed E-state index contributed by atoms with van der Waals surface area (Å²) in [6, 6.07) is 4.51. The molecule has 0 aromatic heterocycles. The predicted octanol–water partition coefficient (Wildman–Crippen LogP) is 2.91. The number of carbonyl (C=O) groups is 3. The number of amides is 3. The molecule has 7 heteroatoms. The SMILES string of the molecule is Cc1cc(NC(=O)NC(=O)CC(C)(C)C(=O)O)ccc1Br. The summed E-state index contributed by atoms with van der Waals surface area (Å²) >= 11 is 3.34. The zero-order valence-electron chi connectivity index (χ0n) is 12.0. The second kappa shape index (κ2) is 6.71. The van der Waals surface area contributed by atoms with Crippen molar-refractivity contribution in [2.45, 2.75) is 27.2 Å². The van der Waals surface area contributed by atoms with Crippen LogP contribution in [-0.2, 0) is 9.59 Å². The number of rotatable bonds is 4. The smallest absolute Gasteiger partial charge is 0.325 e. The molecule has 0 atom stereocenters. The Morgan fingerprint density at radius 2 is 1.90 bits per heavy atom. The summed E-state index contributed by atoms with van der Waals surface area (Å²) in [6.45, 7) is 4.71. The lowest BCUT2D eigenvalue weighted by Crippen LogP contribution is -2.38. The van der Waals surface area contributed by atoms with Gasteiger partial charge in [0, 0.05) is 16.6 Å². The Kier molecular flexibility index (Phi) is 5.48. The minimum atomic E-state index is -1.22. The van der Waals surface area contributed by atoms with Crippen LogP contribution in [-0.4, -0.2) is 23.0 Å². The number of aliphatic carboxylic acids is 1. The molecule has 0 unspecified atom stereocenters. The average molecular weight is 357 g/mol. The number of benzene rings is 1. The van der Waals surface area contributed by atoms with Gasteiger partial charge in [0.2, 0.25) is 5.91 Å². The Hall–Kier alpha value is -1.89. The molecule has 0 bridgehead atoms. The van der Waals surface area contributed by atoms with Gasteiger partial charge < -0.3 is 10.4 Å². The number of halogens is 1. The number of anilines is 1. The quantitative estimate of drug-likeness (QED) is 0.772. The van der Waals surface area contributed by atoms with Crippen molar-refractivity contribution in [1.82, 2.24) is 5.32 Å². The largest absolute Gasteiger partial charge is 0.481 e. The lowest BCUT2D eigenvalue weighted by molar-refractivity contribution is -0.149. The standard InChI is InChI=1S/C14H17BrN2O4/c1-8-6-9(4-5-10(8)15)16-13(21)17-11(18)7-14(2,3)12(19)20/h4-6H,7H2,1-3H3,(H,19,20)(H2,16,17,18,21). The third kappa shape index (κ3) is 5.18. The first-order valence-corrected chi connectivity index (χ1v) is 7.01. The molecule has 0 saturated heterocycles. The van der Waals surface area contributed by atoms with E-state index in [-0.39, 0.29) is 6.42 Å². The van der Waals surface area contributed by atoms with Crippen LogP contribution < -0.4 is 10.6 Å². The van der Waals surface area contributed by atoms with Gasteiger partial charge in [-0.05, 0) is 44.5 Å². The minimum Gasteiger partial charge on any atom is -0.481 e. The molecular weight excluding hydrogens is 340 g/mol. The lowest BCUT2D eigenvalue weighted by Gasteiger charge is -2.17. The summed E-state index contributed by atoms with van der Waals surface area (Å²) in [7, 11) is 0. The first-order chi connectivity index (χ1) is 9.61. The number of urea groups is 1. The average Bonchev–Trinajstić information content (AvgIpc) is 2.32. The summed E-state index contributed by atoms with van der Waals surface area (Å²) in [6.07, 6.45) is -0.283. The van der Waals surface area contributed by atoms with E-state index in [1.807, 2.05) is 6.92 Å². The van der Waals surface area contributed by atoms with E-state index >= 15 is 0 Å². The molecule has 6 nitrogen and oxygen atoms in total. The van der Waals surface area contributed by atoms with Gasteiger partial charge in [0.1, 0.15) is 0 Å². The van der Waals surface area contributed by atoms with Crippen LogP contribution in [0.25, 0.3) is 0 Å². The highest BCUT2D eigenvalue weighted by Gasteiger charge is 2.30. The van der Waals surface area contributed by atoms with Crippen molar-refractivity contribution in [3.63, 3.8) is 0 Å². The molecular formula is C14H17BrN2O4. The van der Waals surface area contributed by atoms with Crippen LogP contribution in [0.3, 0.4) is 0 Å². The van der Waals surface area contributed by atoms with Crippen molar-refractivity contribution >= 4 is 39.5 Å². The highest BCUT2D eigenvalue weighted by Crippen LogP contribution is 2.21. The highest BCUT2D eigenvalue weighted by atomic mass is 79.9. The van der Waals surface area contributed by atoms with Crippen LogP contribution in [0.1, 0.15) is 25.8 Å². The number of imide groups is 1. The number of hydrogen-bond donors (Lipinski definition) is 3. The van der Waals surface area contributed by atoms with Crippen molar-refractivity contribution < 1.29 is 19.5 Å². The van der Waals surface area contributed by atoms with Gasteiger partial charge in [-0.2, -0.15) is 0 Å². The van der Waals surface area contributed by atoms with Crippen molar-refractivity contribution in [2.75, 3.05) is 5.32 Å². The molecule has 1 rings (SSSR count). The van der Waals surface area contributed by atoms with Gasteiger partial charge in [-0.1, -0.05) is 15.9 Å². The normalized spacial score (nSPS) is 10.9. The summed E-state index contributed by atoms with van der Waals surface area (Å²) in [5.74, 6) is -1.74. The van der Waals surface area contributed by atoms with Gasteiger partial charge >= 0.3 is 12.0 Å². The fraction of sp³-hybridized carbons (Fsp3) is 0.357. The van der Waals surface area contributed by atoms with Crippen LogP contribution in [0.2, 0.25) is 0 Å². The van der Waals surface area contributed by atoms with Crippen molar-refractivity contribution in [3.8, 4) is 0 Å². The van der Waals surface area contributed by atoms with E-state index in [1.165, 1.54) is 13.8 Å². The summed E-state index contributed by atoms with van der Waals surface area (Å²) < 4.78 is 0.910. The minimum absolute atomic E-state index is 0.283. The van der Waals surface area contributed by atoms with Gasteiger partial charge in [-0.3, -0.25) is 14.9 Å². The Bertz CT molecular complexity index is 584. The maximum absolute atomic E-state index is 11.7. The van der Waals surface area contributed by atoms with Crippen molar-refractivity contribution in [3.05, 3.63) is 28.2 Å². The van der Waals surface area contributed by atoms with E-state index < -0.39 is 23.3 Å². The Labute approximate surface area is 131 Å². The fourth-order valence-corrected chi connectivity index (χ4v) is 1.78. The third-order valence-electron chi connectivity index (χ3n) is 2.85.